The molecule has 4 aromatic rings. The Morgan fingerprint density at radius 1 is 0.882 bits per heavy atom. The first-order valence-electron chi connectivity index (χ1n) is 10.3. The second kappa shape index (κ2) is 9.58. The number of benzene rings is 3. The molecular formula is C26H22O8. The van der Waals surface area contributed by atoms with Crippen LogP contribution in [-0.2, 0) is 6.61 Å². The van der Waals surface area contributed by atoms with Crippen LogP contribution in [0.2, 0.25) is 0 Å². The molecule has 0 saturated heterocycles. The molecule has 1 heterocycles. The van der Waals surface area contributed by atoms with Crippen molar-refractivity contribution in [3.63, 3.8) is 0 Å². The molecule has 8 nitrogen and oxygen atoms in total. The summed E-state index contributed by atoms with van der Waals surface area (Å²) in [5, 5.41) is 10.3. The predicted octanol–water partition coefficient (Wildman–Crippen LogP) is 4.76. The lowest BCUT2D eigenvalue weighted by Crippen LogP contribution is -2.10. The van der Waals surface area contributed by atoms with E-state index in [-0.39, 0.29) is 10.9 Å². The van der Waals surface area contributed by atoms with Crippen LogP contribution < -0.4 is 24.6 Å². The van der Waals surface area contributed by atoms with Gasteiger partial charge in [0.25, 0.3) is 0 Å². The van der Waals surface area contributed by atoms with Crippen molar-refractivity contribution in [3.8, 4) is 34.1 Å². The third-order valence-corrected chi connectivity index (χ3v) is 5.30. The van der Waals surface area contributed by atoms with Crippen LogP contribution >= 0.6 is 0 Å². The maximum atomic E-state index is 12.7. The van der Waals surface area contributed by atoms with Gasteiger partial charge in [-0.1, -0.05) is 30.3 Å². The van der Waals surface area contributed by atoms with Gasteiger partial charge < -0.3 is 28.5 Å². The number of hydrogen-bond donors (Lipinski definition) is 1. The first kappa shape index (κ1) is 22.7. The van der Waals surface area contributed by atoms with Gasteiger partial charge in [0.2, 0.25) is 11.5 Å². The molecule has 1 aromatic heterocycles. The van der Waals surface area contributed by atoms with Gasteiger partial charge in [-0.05, 0) is 41.5 Å². The second-order valence-corrected chi connectivity index (χ2v) is 7.29. The van der Waals surface area contributed by atoms with Crippen molar-refractivity contribution < 1.29 is 33.3 Å². The Kier molecular flexibility index (Phi) is 6.40. The summed E-state index contributed by atoms with van der Waals surface area (Å²) in [5.74, 6) is -0.422. The van der Waals surface area contributed by atoms with E-state index in [0.29, 0.717) is 40.6 Å². The molecule has 1 N–H and O–H groups in total. The van der Waals surface area contributed by atoms with Gasteiger partial charge in [-0.15, -0.1) is 0 Å². The van der Waals surface area contributed by atoms with E-state index in [2.05, 4.69) is 0 Å². The predicted molar refractivity (Wildman–Crippen MR) is 125 cm³/mol. The summed E-state index contributed by atoms with van der Waals surface area (Å²) in [4.78, 5) is 24.7. The van der Waals surface area contributed by atoms with Gasteiger partial charge in [0.1, 0.15) is 12.4 Å². The SMILES string of the molecule is COc1cc(-c2c(C(=O)O)oc(=O)c3cc(OCc4ccccc4)ccc23)cc(OC)c1OC. The molecule has 0 bridgehead atoms. The molecule has 3 aromatic carbocycles. The number of ether oxygens (including phenoxy) is 4. The minimum Gasteiger partial charge on any atom is -0.493 e. The maximum absolute atomic E-state index is 12.7. The van der Waals surface area contributed by atoms with Gasteiger partial charge >= 0.3 is 11.6 Å². The number of fused-ring (bicyclic) bond motifs is 1. The van der Waals surface area contributed by atoms with Gasteiger partial charge in [0, 0.05) is 10.9 Å². The molecule has 0 amide bonds. The quantitative estimate of drug-likeness (QED) is 0.400. The van der Waals surface area contributed by atoms with Crippen LogP contribution in [0.15, 0.2) is 69.9 Å². The van der Waals surface area contributed by atoms with E-state index in [9.17, 15) is 14.7 Å². The Bertz CT molecular complexity index is 1380. The van der Waals surface area contributed by atoms with Crippen LogP contribution in [0.1, 0.15) is 16.1 Å². The Balaban J connectivity index is 1.89. The number of aromatic carboxylic acids is 1. The summed E-state index contributed by atoms with van der Waals surface area (Å²) in [6, 6.07) is 17.6. The van der Waals surface area contributed by atoms with E-state index in [1.165, 1.54) is 27.4 Å². The fraction of sp³-hybridized carbons (Fsp3) is 0.154. The molecule has 4 rings (SSSR count). The topological polar surface area (TPSA) is 104 Å². The summed E-state index contributed by atoms with van der Waals surface area (Å²) < 4.78 is 27.2. The fourth-order valence-electron chi connectivity index (χ4n) is 3.72. The number of rotatable bonds is 8. The third-order valence-electron chi connectivity index (χ3n) is 5.30. The first-order valence-corrected chi connectivity index (χ1v) is 10.3. The van der Waals surface area contributed by atoms with Crippen LogP contribution in [0.25, 0.3) is 21.9 Å². The smallest absolute Gasteiger partial charge is 0.372 e. The van der Waals surface area contributed by atoms with Crippen LogP contribution in [0.3, 0.4) is 0 Å². The Morgan fingerprint density at radius 3 is 2.15 bits per heavy atom. The van der Waals surface area contributed by atoms with Gasteiger partial charge in [-0.25, -0.2) is 9.59 Å². The summed E-state index contributed by atoms with van der Waals surface area (Å²) in [6.07, 6.45) is 0. The lowest BCUT2D eigenvalue weighted by Gasteiger charge is -2.16. The van der Waals surface area contributed by atoms with Crippen molar-refractivity contribution in [2.24, 2.45) is 0 Å². The zero-order valence-corrected chi connectivity index (χ0v) is 18.8. The molecular weight excluding hydrogens is 440 g/mol. The number of hydrogen-bond acceptors (Lipinski definition) is 7. The molecule has 0 unspecified atom stereocenters. The van der Waals surface area contributed by atoms with Crippen molar-refractivity contribution in [1.82, 2.24) is 0 Å². The van der Waals surface area contributed by atoms with Gasteiger partial charge in [0.05, 0.1) is 26.7 Å². The van der Waals surface area contributed by atoms with Crippen LogP contribution in [-0.4, -0.2) is 32.4 Å². The summed E-state index contributed by atoms with van der Waals surface area (Å²) in [7, 11) is 4.38. The average molecular weight is 462 g/mol. The monoisotopic (exact) mass is 462 g/mol. The Labute approximate surface area is 194 Å². The molecule has 0 spiro atoms. The van der Waals surface area contributed by atoms with Crippen LogP contribution in [0.4, 0.5) is 0 Å². The number of carbonyl (C=O) groups is 1. The standard InChI is InChI=1S/C26H22O8/c1-30-20-11-16(12-21(31-2)23(20)32-3)22-18-10-9-17(33-14-15-7-5-4-6-8-15)13-19(18)26(29)34-24(22)25(27)28/h4-13H,14H2,1-3H3,(H,27,28). The fourth-order valence-corrected chi connectivity index (χ4v) is 3.72. The van der Waals surface area contributed by atoms with Crippen molar-refractivity contribution in [2.45, 2.75) is 6.61 Å². The van der Waals surface area contributed by atoms with Crippen molar-refractivity contribution in [1.29, 1.82) is 0 Å². The minimum absolute atomic E-state index is 0.180. The lowest BCUT2D eigenvalue weighted by molar-refractivity contribution is 0.0659. The highest BCUT2D eigenvalue weighted by Gasteiger charge is 2.24. The zero-order chi connectivity index (χ0) is 24.2. The van der Waals surface area contributed by atoms with E-state index in [1.54, 1.807) is 24.3 Å². The molecule has 174 valence electrons. The molecule has 34 heavy (non-hydrogen) atoms. The van der Waals surface area contributed by atoms with E-state index >= 15 is 0 Å². The number of carboxylic acids is 1. The molecule has 0 saturated carbocycles. The molecule has 0 aliphatic heterocycles. The van der Waals surface area contributed by atoms with E-state index in [1.807, 2.05) is 30.3 Å². The van der Waals surface area contributed by atoms with Gasteiger partial charge in [-0.3, -0.25) is 0 Å². The lowest BCUT2D eigenvalue weighted by atomic mass is 9.97. The Hall–Kier alpha value is -4.46. The normalized spacial score (nSPS) is 10.7. The number of carboxylic acid groups (broad SMARTS) is 1. The average Bonchev–Trinajstić information content (AvgIpc) is 2.87. The first-order chi connectivity index (χ1) is 16.5. The highest BCUT2D eigenvalue weighted by atomic mass is 16.5. The van der Waals surface area contributed by atoms with Crippen molar-refractivity contribution >= 4 is 16.7 Å². The molecule has 0 aliphatic rings. The Morgan fingerprint density at radius 2 is 1.56 bits per heavy atom. The molecule has 8 heteroatoms. The highest BCUT2D eigenvalue weighted by molar-refractivity contribution is 6.05. The third kappa shape index (κ3) is 4.25. The second-order valence-electron chi connectivity index (χ2n) is 7.29. The maximum Gasteiger partial charge on any atom is 0.372 e. The van der Waals surface area contributed by atoms with Crippen LogP contribution in [0, 0.1) is 0 Å². The van der Waals surface area contributed by atoms with E-state index in [0.717, 1.165) is 5.56 Å². The van der Waals surface area contributed by atoms with Gasteiger partial charge in [-0.2, -0.15) is 0 Å². The van der Waals surface area contributed by atoms with Crippen molar-refractivity contribution in [3.05, 3.63) is 82.4 Å². The van der Waals surface area contributed by atoms with Crippen LogP contribution in [0.5, 0.6) is 23.0 Å². The highest BCUT2D eigenvalue weighted by Crippen LogP contribution is 2.43. The zero-order valence-electron chi connectivity index (χ0n) is 18.8. The van der Waals surface area contributed by atoms with E-state index < -0.39 is 17.4 Å². The molecule has 0 atom stereocenters. The largest absolute Gasteiger partial charge is 0.493 e. The van der Waals surface area contributed by atoms with Gasteiger partial charge in [0.15, 0.2) is 11.5 Å². The molecule has 0 fully saturated rings. The summed E-state index contributed by atoms with van der Waals surface area (Å²) in [5.41, 5.74) is 0.803. The minimum atomic E-state index is -1.38. The van der Waals surface area contributed by atoms with Crippen molar-refractivity contribution in [2.75, 3.05) is 21.3 Å². The number of methoxy groups -OCH3 is 3. The molecule has 0 aliphatic carbocycles. The van der Waals surface area contributed by atoms with E-state index in [4.69, 9.17) is 23.4 Å². The summed E-state index contributed by atoms with van der Waals surface area (Å²) >= 11 is 0. The molecule has 0 radical (unpaired) electrons. The summed E-state index contributed by atoms with van der Waals surface area (Å²) in [6.45, 7) is 0.310.